The van der Waals surface area contributed by atoms with Crippen molar-refractivity contribution in [3.8, 4) is 0 Å². The molecule has 0 saturated carbocycles. The highest BCUT2D eigenvalue weighted by atomic mass is 19.1. The number of rotatable bonds is 3. The molecule has 4 rings (SSSR count). The van der Waals surface area contributed by atoms with Crippen molar-refractivity contribution in [2.24, 2.45) is 0 Å². The number of piperazine rings is 1. The van der Waals surface area contributed by atoms with E-state index in [1.54, 1.807) is 0 Å². The Hall–Kier alpha value is -1.86. The summed E-state index contributed by atoms with van der Waals surface area (Å²) in [5, 5.41) is 3.86. The van der Waals surface area contributed by atoms with Crippen LogP contribution in [0.5, 0.6) is 0 Å². The minimum atomic E-state index is -0.484. The molecular weight excluding hydrogens is 326 g/mol. The Balaban J connectivity index is 1.44. The maximum atomic E-state index is 14.0. The molecule has 0 radical (unpaired) electrons. The highest BCUT2D eigenvalue weighted by molar-refractivity contribution is 5.36. The van der Waals surface area contributed by atoms with Crippen molar-refractivity contribution in [2.75, 3.05) is 26.2 Å². The number of aromatic nitrogens is 2. The zero-order chi connectivity index (χ0) is 17.6. The normalized spacial score (nSPS) is 23.0. The zero-order valence-electron chi connectivity index (χ0n) is 14.5. The monoisotopic (exact) mass is 348 g/mol. The minimum Gasteiger partial charge on any atom is -0.338 e. The van der Waals surface area contributed by atoms with Crippen molar-refractivity contribution in [3.05, 3.63) is 46.6 Å². The van der Waals surface area contributed by atoms with E-state index in [-0.39, 0.29) is 12.1 Å². The predicted octanol–water partition coefficient (Wildman–Crippen LogP) is 3.02. The Morgan fingerprint density at radius 1 is 1.20 bits per heavy atom. The van der Waals surface area contributed by atoms with Crippen molar-refractivity contribution < 1.29 is 13.3 Å². The van der Waals surface area contributed by atoms with Gasteiger partial charge in [-0.2, -0.15) is 4.98 Å². The topological polar surface area (TPSA) is 45.4 Å². The first kappa shape index (κ1) is 16.6. The average Bonchev–Trinajstić information content (AvgIpc) is 3.21. The Labute approximate surface area is 145 Å². The van der Waals surface area contributed by atoms with Crippen LogP contribution in [0.3, 0.4) is 0 Å². The van der Waals surface area contributed by atoms with Gasteiger partial charge >= 0.3 is 0 Å². The molecule has 2 atom stereocenters. The molecule has 0 unspecified atom stereocenters. The largest absolute Gasteiger partial charge is 0.338 e. The predicted molar refractivity (Wildman–Crippen MR) is 88.0 cm³/mol. The van der Waals surface area contributed by atoms with Crippen LogP contribution in [0.4, 0.5) is 8.78 Å². The Morgan fingerprint density at radius 2 is 1.96 bits per heavy atom. The van der Waals surface area contributed by atoms with Gasteiger partial charge in [-0.3, -0.25) is 9.80 Å². The standard InChI is InChI=1S/C18H22F2N4O/c1-11(18-21-12(2)22-25-18)23-5-7-24(8-6-23)17-4-3-14-15(17)9-13(19)10-16(14)20/h9-11,17H,3-8H2,1-2H3/t11-,17-/m0/s1. The van der Waals surface area contributed by atoms with Gasteiger partial charge in [0.15, 0.2) is 5.82 Å². The molecule has 0 amide bonds. The van der Waals surface area contributed by atoms with Crippen molar-refractivity contribution in [1.29, 1.82) is 0 Å². The van der Waals surface area contributed by atoms with Gasteiger partial charge in [-0.15, -0.1) is 0 Å². The van der Waals surface area contributed by atoms with Crippen LogP contribution in [0.15, 0.2) is 16.7 Å². The summed E-state index contributed by atoms with van der Waals surface area (Å²) in [5.74, 6) is 0.395. The minimum absolute atomic E-state index is 0.0779. The van der Waals surface area contributed by atoms with E-state index < -0.39 is 11.6 Å². The summed E-state index contributed by atoms with van der Waals surface area (Å²) in [7, 11) is 0. The molecule has 1 aliphatic carbocycles. The molecule has 2 aliphatic rings. The highest BCUT2D eigenvalue weighted by Gasteiger charge is 2.34. The summed E-state index contributed by atoms with van der Waals surface area (Å²) in [6.45, 7) is 7.34. The first-order chi connectivity index (χ1) is 12.0. The van der Waals surface area contributed by atoms with Gasteiger partial charge in [0, 0.05) is 38.3 Å². The lowest BCUT2D eigenvalue weighted by molar-refractivity contribution is 0.0634. The number of benzene rings is 1. The van der Waals surface area contributed by atoms with Crippen LogP contribution in [0.2, 0.25) is 0 Å². The number of nitrogens with zero attached hydrogens (tertiary/aromatic N) is 4. The quantitative estimate of drug-likeness (QED) is 0.853. The molecule has 2 heterocycles. The Morgan fingerprint density at radius 3 is 2.64 bits per heavy atom. The molecular formula is C18H22F2N4O. The van der Waals surface area contributed by atoms with Crippen LogP contribution in [0, 0.1) is 18.6 Å². The van der Waals surface area contributed by atoms with Crippen LogP contribution in [0.1, 0.15) is 48.3 Å². The van der Waals surface area contributed by atoms with Crippen molar-refractivity contribution in [1.82, 2.24) is 19.9 Å². The molecule has 0 N–H and O–H groups in total. The van der Waals surface area contributed by atoms with Crippen LogP contribution in [-0.2, 0) is 6.42 Å². The van der Waals surface area contributed by atoms with Gasteiger partial charge in [-0.05, 0) is 43.9 Å². The summed E-state index contributed by atoms with van der Waals surface area (Å²) in [6.07, 6.45) is 1.54. The van der Waals surface area contributed by atoms with Gasteiger partial charge in [0.05, 0.1) is 6.04 Å². The van der Waals surface area contributed by atoms with Crippen molar-refractivity contribution in [2.45, 2.75) is 38.8 Å². The van der Waals surface area contributed by atoms with E-state index in [1.807, 2.05) is 6.92 Å². The molecule has 1 saturated heterocycles. The third-order valence-electron chi connectivity index (χ3n) is 5.46. The van der Waals surface area contributed by atoms with Gasteiger partial charge in [-0.25, -0.2) is 8.78 Å². The van der Waals surface area contributed by atoms with E-state index in [2.05, 4.69) is 26.9 Å². The third kappa shape index (κ3) is 3.06. The zero-order valence-corrected chi connectivity index (χ0v) is 14.5. The Bertz CT molecular complexity index is 770. The first-order valence-electron chi connectivity index (χ1n) is 8.79. The summed E-state index contributed by atoms with van der Waals surface area (Å²) < 4.78 is 32.9. The lowest BCUT2D eigenvalue weighted by atomic mass is 10.0. The second kappa shape index (κ2) is 6.46. The lowest BCUT2D eigenvalue weighted by Crippen LogP contribution is -2.48. The van der Waals surface area contributed by atoms with E-state index >= 15 is 0 Å². The molecule has 2 aromatic rings. The number of hydrogen-bond acceptors (Lipinski definition) is 5. The molecule has 25 heavy (non-hydrogen) atoms. The molecule has 0 bridgehead atoms. The van der Waals surface area contributed by atoms with Gasteiger partial charge in [-0.1, -0.05) is 5.16 Å². The van der Waals surface area contributed by atoms with E-state index in [0.29, 0.717) is 23.7 Å². The fourth-order valence-corrected chi connectivity index (χ4v) is 4.08. The molecule has 1 aromatic carbocycles. The molecule has 1 fully saturated rings. The van der Waals surface area contributed by atoms with Gasteiger partial charge in [0.1, 0.15) is 11.6 Å². The van der Waals surface area contributed by atoms with Gasteiger partial charge in [0.2, 0.25) is 5.89 Å². The number of halogens is 2. The first-order valence-corrected chi connectivity index (χ1v) is 8.79. The fourth-order valence-electron chi connectivity index (χ4n) is 4.08. The number of hydrogen-bond donors (Lipinski definition) is 0. The number of aryl methyl sites for hydroxylation is 1. The maximum Gasteiger partial charge on any atom is 0.243 e. The smallest absolute Gasteiger partial charge is 0.243 e. The van der Waals surface area contributed by atoms with Crippen LogP contribution in [0.25, 0.3) is 0 Å². The van der Waals surface area contributed by atoms with Gasteiger partial charge < -0.3 is 4.52 Å². The van der Waals surface area contributed by atoms with Crippen molar-refractivity contribution in [3.63, 3.8) is 0 Å². The number of fused-ring (bicyclic) bond motifs is 1. The third-order valence-corrected chi connectivity index (χ3v) is 5.46. The summed E-state index contributed by atoms with van der Waals surface area (Å²) in [6, 6.07) is 2.69. The Kier molecular flexibility index (Phi) is 4.29. The molecule has 0 spiro atoms. The molecule has 134 valence electrons. The molecule has 1 aromatic heterocycles. The van der Waals surface area contributed by atoms with E-state index in [1.165, 1.54) is 6.07 Å². The lowest BCUT2D eigenvalue weighted by Gasteiger charge is -2.39. The fraction of sp³-hybridized carbons (Fsp3) is 0.556. The van der Waals surface area contributed by atoms with Crippen LogP contribution >= 0.6 is 0 Å². The molecule has 5 nitrogen and oxygen atoms in total. The van der Waals surface area contributed by atoms with Crippen LogP contribution in [-0.4, -0.2) is 46.1 Å². The SMILES string of the molecule is Cc1noc([C@H](C)N2CCN([C@H]3CCc4c(F)cc(F)cc43)CC2)n1. The van der Waals surface area contributed by atoms with Gasteiger partial charge in [0.25, 0.3) is 0 Å². The van der Waals surface area contributed by atoms with Crippen LogP contribution < -0.4 is 0 Å². The highest BCUT2D eigenvalue weighted by Crippen LogP contribution is 2.38. The summed E-state index contributed by atoms with van der Waals surface area (Å²) in [5.41, 5.74) is 1.51. The van der Waals surface area contributed by atoms with E-state index in [4.69, 9.17) is 4.52 Å². The average molecular weight is 348 g/mol. The molecule has 1 aliphatic heterocycles. The second-order valence-corrected chi connectivity index (χ2v) is 6.94. The van der Waals surface area contributed by atoms with Crippen molar-refractivity contribution >= 4 is 0 Å². The molecule has 7 heteroatoms. The van der Waals surface area contributed by atoms with E-state index in [0.717, 1.165) is 44.2 Å². The summed E-state index contributed by atoms with van der Waals surface area (Å²) in [4.78, 5) is 8.97. The second-order valence-electron chi connectivity index (χ2n) is 6.94. The van der Waals surface area contributed by atoms with E-state index in [9.17, 15) is 8.78 Å². The summed E-state index contributed by atoms with van der Waals surface area (Å²) >= 11 is 0. The maximum absolute atomic E-state index is 14.0.